The van der Waals surface area contributed by atoms with Crippen molar-refractivity contribution in [1.82, 2.24) is 9.80 Å². The molecule has 1 aromatic carbocycles. The van der Waals surface area contributed by atoms with E-state index >= 15 is 0 Å². The maximum Gasteiger partial charge on any atom is 0.524 e. The van der Waals surface area contributed by atoms with Gasteiger partial charge in [0, 0.05) is 38.8 Å². The predicted molar refractivity (Wildman–Crippen MR) is 115 cm³/mol. The van der Waals surface area contributed by atoms with Crippen LogP contribution in [0.4, 0.5) is 0 Å². The average molecular weight is 415 g/mol. The van der Waals surface area contributed by atoms with Gasteiger partial charge in [-0.15, -0.1) is 12.4 Å². The lowest BCUT2D eigenvalue weighted by Crippen LogP contribution is -2.62. The molecular formula is C20H35ClN2O3Si. The fourth-order valence-corrected chi connectivity index (χ4v) is 6.56. The van der Waals surface area contributed by atoms with Crippen LogP contribution in [-0.4, -0.2) is 57.3 Å². The van der Waals surface area contributed by atoms with Crippen molar-refractivity contribution in [1.29, 1.82) is 0 Å². The molecule has 27 heavy (non-hydrogen) atoms. The molecule has 0 N–H and O–H groups in total. The Morgan fingerprint density at radius 3 is 2.04 bits per heavy atom. The summed E-state index contributed by atoms with van der Waals surface area (Å²) in [6.07, 6.45) is 6.32. The van der Waals surface area contributed by atoms with Crippen LogP contribution in [0.2, 0.25) is 0 Å². The summed E-state index contributed by atoms with van der Waals surface area (Å²) < 4.78 is 18.4. The van der Waals surface area contributed by atoms with E-state index in [0.29, 0.717) is 19.8 Å². The maximum atomic E-state index is 6.14. The largest absolute Gasteiger partial charge is 0.524 e. The molecular weight excluding hydrogens is 380 g/mol. The van der Waals surface area contributed by atoms with Gasteiger partial charge in [-0.25, -0.2) is 0 Å². The maximum absolute atomic E-state index is 6.14. The predicted octanol–water partition coefficient (Wildman–Crippen LogP) is 4.06. The van der Waals surface area contributed by atoms with Crippen LogP contribution in [0.1, 0.15) is 39.7 Å². The summed E-state index contributed by atoms with van der Waals surface area (Å²) in [5.74, 6) is 0. The van der Waals surface area contributed by atoms with Crippen molar-refractivity contribution in [3.63, 3.8) is 0 Å². The highest BCUT2D eigenvalue weighted by Gasteiger charge is 2.51. The van der Waals surface area contributed by atoms with Crippen LogP contribution >= 0.6 is 12.4 Å². The number of nitrogens with zero attached hydrogens (tertiary/aromatic N) is 2. The fourth-order valence-electron chi connectivity index (χ4n) is 3.45. The number of halogens is 1. The van der Waals surface area contributed by atoms with Crippen LogP contribution in [0.15, 0.2) is 42.7 Å². The zero-order valence-corrected chi connectivity index (χ0v) is 18.9. The molecule has 0 fully saturated rings. The Kier molecular flexibility index (Phi) is 11.0. The molecule has 0 radical (unpaired) electrons. The molecule has 5 nitrogen and oxygen atoms in total. The fraction of sp³-hybridized carbons (Fsp3) is 0.600. The van der Waals surface area contributed by atoms with Crippen LogP contribution in [0, 0.1) is 0 Å². The second-order valence-electron chi connectivity index (χ2n) is 6.33. The van der Waals surface area contributed by atoms with Gasteiger partial charge in [0.25, 0.3) is 0 Å². The summed E-state index contributed by atoms with van der Waals surface area (Å²) >= 11 is 0. The first kappa shape index (κ1) is 24.0. The first-order valence-electron chi connectivity index (χ1n) is 9.82. The van der Waals surface area contributed by atoms with Gasteiger partial charge in [0.2, 0.25) is 0 Å². The van der Waals surface area contributed by atoms with Crippen molar-refractivity contribution in [2.24, 2.45) is 0 Å². The van der Waals surface area contributed by atoms with E-state index in [4.69, 9.17) is 13.3 Å². The van der Waals surface area contributed by atoms with Crippen LogP contribution in [0.5, 0.6) is 0 Å². The van der Waals surface area contributed by atoms with Gasteiger partial charge in [0.1, 0.15) is 0 Å². The smallest absolute Gasteiger partial charge is 0.373 e. The molecule has 1 aromatic rings. The SMILES string of the molecule is CCO[Si](OCC)(OCC)C(CC)N1C=CN(CCc2ccccc2)C1.Cl. The molecule has 0 spiro atoms. The van der Waals surface area contributed by atoms with Crippen molar-refractivity contribution >= 4 is 21.2 Å². The Balaban J connectivity index is 0.00000364. The van der Waals surface area contributed by atoms with E-state index in [0.717, 1.165) is 26.1 Å². The van der Waals surface area contributed by atoms with Crippen molar-refractivity contribution < 1.29 is 13.3 Å². The van der Waals surface area contributed by atoms with Crippen molar-refractivity contribution in [3.05, 3.63) is 48.3 Å². The molecule has 0 bridgehead atoms. The van der Waals surface area contributed by atoms with E-state index < -0.39 is 8.80 Å². The van der Waals surface area contributed by atoms with E-state index in [2.05, 4.69) is 59.5 Å². The van der Waals surface area contributed by atoms with E-state index in [1.54, 1.807) is 0 Å². The third-order valence-electron chi connectivity index (χ3n) is 4.58. The zero-order valence-electron chi connectivity index (χ0n) is 17.1. The van der Waals surface area contributed by atoms with E-state index in [1.165, 1.54) is 5.56 Å². The second-order valence-corrected chi connectivity index (χ2v) is 9.07. The summed E-state index contributed by atoms with van der Waals surface area (Å²) in [5.41, 5.74) is 1.51. The molecule has 0 amide bonds. The topological polar surface area (TPSA) is 34.2 Å². The molecule has 1 aliphatic rings. The molecule has 1 aliphatic heterocycles. The third-order valence-corrected chi connectivity index (χ3v) is 8.21. The minimum absolute atomic E-state index is 0. The van der Waals surface area contributed by atoms with Crippen molar-refractivity contribution in [2.75, 3.05) is 33.0 Å². The molecule has 1 atom stereocenters. The summed E-state index contributed by atoms with van der Waals surface area (Å²) in [7, 11) is -2.76. The molecule has 0 aromatic heterocycles. The van der Waals surface area contributed by atoms with Crippen LogP contribution in [0.25, 0.3) is 0 Å². The summed E-state index contributed by atoms with van der Waals surface area (Å²) in [6, 6.07) is 10.6. The number of hydrogen-bond donors (Lipinski definition) is 0. The van der Waals surface area contributed by atoms with Gasteiger partial charge < -0.3 is 23.1 Å². The van der Waals surface area contributed by atoms with Gasteiger partial charge in [-0.3, -0.25) is 0 Å². The minimum Gasteiger partial charge on any atom is -0.373 e. The lowest BCUT2D eigenvalue weighted by Gasteiger charge is -2.39. The molecule has 1 heterocycles. The number of hydrogen-bond acceptors (Lipinski definition) is 5. The molecule has 154 valence electrons. The van der Waals surface area contributed by atoms with Crippen LogP contribution in [0.3, 0.4) is 0 Å². The highest BCUT2D eigenvalue weighted by atomic mass is 35.5. The van der Waals surface area contributed by atoms with E-state index in [1.807, 2.05) is 20.8 Å². The first-order chi connectivity index (χ1) is 12.7. The highest BCUT2D eigenvalue weighted by molar-refractivity contribution is 6.62. The molecule has 1 unspecified atom stereocenters. The van der Waals surface area contributed by atoms with Crippen LogP contribution in [-0.2, 0) is 19.7 Å². The molecule has 0 aliphatic carbocycles. The third kappa shape index (κ3) is 6.50. The monoisotopic (exact) mass is 414 g/mol. The van der Waals surface area contributed by atoms with Crippen LogP contribution < -0.4 is 0 Å². The summed E-state index contributed by atoms with van der Waals surface area (Å²) in [4.78, 5) is 4.68. The van der Waals surface area contributed by atoms with Gasteiger partial charge >= 0.3 is 8.80 Å². The van der Waals surface area contributed by atoms with Gasteiger partial charge in [0.05, 0.1) is 12.3 Å². The van der Waals surface area contributed by atoms with Gasteiger partial charge in [-0.05, 0) is 39.2 Å². The summed E-state index contributed by atoms with van der Waals surface area (Å²) in [6.45, 7) is 11.9. The Labute approximate surface area is 172 Å². The van der Waals surface area contributed by atoms with Gasteiger partial charge in [0.15, 0.2) is 0 Å². The first-order valence-corrected chi connectivity index (χ1v) is 11.6. The zero-order chi connectivity index (χ0) is 18.8. The Bertz CT molecular complexity index is 530. The van der Waals surface area contributed by atoms with Gasteiger partial charge in [-0.1, -0.05) is 37.3 Å². The Morgan fingerprint density at radius 1 is 0.926 bits per heavy atom. The molecule has 2 rings (SSSR count). The average Bonchev–Trinajstić information content (AvgIpc) is 3.11. The standard InChI is InChI=1S/C20H34N2O3Si.ClH/c1-5-20(26(23-6-2,24-7-3)25-8-4)22-17-16-21(18-22)15-14-19-12-10-9-11-13-19;/h9-13,16-17,20H,5-8,14-15,18H2,1-4H3;1H. The molecule has 0 saturated heterocycles. The quantitative estimate of drug-likeness (QED) is 0.482. The molecule has 7 heteroatoms. The summed E-state index contributed by atoms with van der Waals surface area (Å²) in [5, 5.41) is 0. The number of rotatable bonds is 12. The highest BCUT2D eigenvalue weighted by Crippen LogP contribution is 2.25. The van der Waals surface area contributed by atoms with Crippen molar-refractivity contribution in [2.45, 2.75) is 46.2 Å². The second kappa shape index (κ2) is 12.4. The van der Waals surface area contributed by atoms with E-state index in [-0.39, 0.29) is 18.1 Å². The van der Waals surface area contributed by atoms with Crippen molar-refractivity contribution in [3.8, 4) is 0 Å². The number of benzene rings is 1. The normalized spacial score (nSPS) is 15.1. The Hall–Kier alpha value is -1.05. The lowest BCUT2D eigenvalue weighted by atomic mass is 10.1. The van der Waals surface area contributed by atoms with E-state index in [9.17, 15) is 0 Å². The lowest BCUT2D eigenvalue weighted by molar-refractivity contribution is 0.0393. The minimum atomic E-state index is -2.76. The van der Waals surface area contributed by atoms with Gasteiger partial charge in [-0.2, -0.15) is 0 Å². The molecule has 0 saturated carbocycles. The Morgan fingerprint density at radius 2 is 1.52 bits per heavy atom.